The molecule has 2 aromatic carbocycles. The zero-order valence-electron chi connectivity index (χ0n) is 19.0. The van der Waals surface area contributed by atoms with E-state index >= 15 is 0 Å². The molecule has 0 aliphatic carbocycles. The van der Waals surface area contributed by atoms with Gasteiger partial charge in [-0.1, -0.05) is 34.1 Å². The lowest BCUT2D eigenvalue weighted by atomic mass is 9.99. The summed E-state index contributed by atoms with van der Waals surface area (Å²) in [7, 11) is -3.95. The van der Waals surface area contributed by atoms with Gasteiger partial charge < -0.3 is 15.2 Å². The molecule has 2 aromatic rings. The number of likely N-dealkylation sites (tertiary alicyclic amines) is 1. The Morgan fingerprint density at radius 1 is 1.12 bits per heavy atom. The first kappa shape index (κ1) is 26.8. The summed E-state index contributed by atoms with van der Waals surface area (Å²) in [5.74, 6) is -0.326. The fourth-order valence-electron chi connectivity index (χ4n) is 4.59. The molecule has 34 heavy (non-hydrogen) atoms. The summed E-state index contributed by atoms with van der Waals surface area (Å²) in [5, 5.41) is 15.4. The van der Waals surface area contributed by atoms with Crippen molar-refractivity contribution in [1.82, 2.24) is 10.0 Å². The molecule has 2 N–H and O–H groups in total. The van der Waals surface area contributed by atoms with Crippen LogP contribution >= 0.6 is 31.9 Å². The van der Waals surface area contributed by atoms with Crippen LogP contribution in [0.1, 0.15) is 37.6 Å². The highest BCUT2D eigenvalue weighted by atomic mass is 79.9. The van der Waals surface area contributed by atoms with Gasteiger partial charge in [0.25, 0.3) is 12.0 Å². The van der Waals surface area contributed by atoms with Crippen molar-refractivity contribution >= 4 is 53.9 Å². The van der Waals surface area contributed by atoms with E-state index in [1.807, 2.05) is 0 Å². The molecule has 1 aliphatic heterocycles. The smallest absolute Gasteiger partial charge is 0.258 e. The number of quaternary nitrogens is 1. The van der Waals surface area contributed by atoms with E-state index < -0.39 is 38.2 Å². The second kappa shape index (κ2) is 10.1. The SMILES string of the molecule is CC(C)(C)[N+]1(C(=O)[O-])C[C@H](NS(=O)(=O)c2cc(Br)ccc2Br)C[C@@H]1CNC(=O)c1ccccc1. The second-order valence-electron chi connectivity index (χ2n) is 9.35. The lowest BCUT2D eigenvalue weighted by Gasteiger charge is -2.49. The van der Waals surface area contributed by atoms with Crippen LogP contribution < -0.4 is 15.1 Å². The Balaban J connectivity index is 1.88. The van der Waals surface area contributed by atoms with E-state index in [2.05, 4.69) is 41.9 Å². The van der Waals surface area contributed by atoms with Crippen LogP contribution in [0.15, 0.2) is 62.4 Å². The lowest BCUT2D eigenvalue weighted by molar-refractivity contribution is -0.929. The third-order valence-electron chi connectivity index (χ3n) is 6.25. The van der Waals surface area contributed by atoms with Crippen molar-refractivity contribution in [2.24, 2.45) is 0 Å². The Labute approximate surface area is 216 Å². The number of nitrogens with zero attached hydrogens (tertiary/aromatic N) is 1. The van der Waals surface area contributed by atoms with Crippen LogP contribution in [0.2, 0.25) is 0 Å². The molecule has 184 valence electrons. The number of sulfonamides is 1. The van der Waals surface area contributed by atoms with E-state index in [0.29, 0.717) is 14.5 Å². The molecule has 11 heteroatoms. The van der Waals surface area contributed by atoms with Crippen LogP contribution in [0, 0.1) is 0 Å². The zero-order valence-corrected chi connectivity index (χ0v) is 23.0. The Hall–Kier alpha value is -1.79. The largest absolute Gasteiger partial charge is 0.498 e. The predicted octanol–water partition coefficient (Wildman–Crippen LogP) is 3.02. The first-order valence-corrected chi connectivity index (χ1v) is 13.7. The van der Waals surface area contributed by atoms with Crippen molar-refractivity contribution in [3.8, 4) is 0 Å². The molecule has 1 fully saturated rings. The molecule has 0 spiro atoms. The number of benzene rings is 2. The van der Waals surface area contributed by atoms with Crippen molar-refractivity contribution in [3.05, 3.63) is 63.0 Å². The maximum Gasteiger partial charge on any atom is 0.258 e. The highest BCUT2D eigenvalue weighted by Crippen LogP contribution is 2.37. The highest BCUT2D eigenvalue weighted by Gasteiger charge is 2.56. The maximum absolute atomic E-state index is 13.1. The summed E-state index contributed by atoms with van der Waals surface area (Å²) in [4.78, 5) is 25.2. The van der Waals surface area contributed by atoms with E-state index in [-0.39, 0.29) is 30.3 Å². The van der Waals surface area contributed by atoms with E-state index in [9.17, 15) is 23.1 Å². The summed E-state index contributed by atoms with van der Waals surface area (Å²) in [5.41, 5.74) is -0.350. The van der Waals surface area contributed by atoms with Gasteiger partial charge in [-0.25, -0.2) is 13.1 Å². The van der Waals surface area contributed by atoms with E-state index in [1.54, 1.807) is 63.2 Å². The third-order valence-corrected chi connectivity index (χ3v) is 9.26. The van der Waals surface area contributed by atoms with Gasteiger partial charge >= 0.3 is 0 Å². The third kappa shape index (κ3) is 5.38. The van der Waals surface area contributed by atoms with E-state index in [1.165, 1.54) is 6.07 Å². The van der Waals surface area contributed by atoms with Crippen LogP contribution in [0.4, 0.5) is 4.79 Å². The zero-order chi connectivity index (χ0) is 25.3. The van der Waals surface area contributed by atoms with E-state index in [4.69, 9.17) is 0 Å². The minimum Gasteiger partial charge on any atom is -0.498 e. The van der Waals surface area contributed by atoms with Gasteiger partial charge in [-0.2, -0.15) is 0 Å². The summed E-state index contributed by atoms with van der Waals surface area (Å²) in [6.07, 6.45) is -1.10. The van der Waals surface area contributed by atoms with Crippen molar-refractivity contribution in [2.75, 3.05) is 13.1 Å². The number of rotatable bonds is 6. The molecule has 1 unspecified atom stereocenters. The molecular formula is C23H27Br2N3O5S. The maximum atomic E-state index is 13.1. The van der Waals surface area contributed by atoms with Crippen LogP contribution in [-0.2, 0) is 10.0 Å². The van der Waals surface area contributed by atoms with Crippen LogP contribution in [0.25, 0.3) is 0 Å². The average Bonchev–Trinajstić information content (AvgIpc) is 3.13. The number of carboxylic acid groups (broad SMARTS) is 1. The number of hydrogen-bond acceptors (Lipinski definition) is 5. The molecule has 8 nitrogen and oxygen atoms in total. The Morgan fingerprint density at radius 2 is 1.76 bits per heavy atom. The van der Waals surface area contributed by atoms with Crippen LogP contribution in [0.5, 0.6) is 0 Å². The van der Waals surface area contributed by atoms with Gasteiger partial charge in [0.05, 0.1) is 23.0 Å². The van der Waals surface area contributed by atoms with Gasteiger partial charge in [0, 0.05) is 20.9 Å². The molecule has 0 saturated carbocycles. The quantitative estimate of drug-likeness (QED) is 0.484. The van der Waals surface area contributed by atoms with Gasteiger partial charge in [0.2, 0.25) is 10.0 Å². The fourth-order valence-corrected chi connectivity index (χ4v) is 7.33. The van der Waals surface area contributed by atoms with Crippen LogP contribution in [-0.4, -0.2) is 55.6 Å². The predicted molar refractivity (Wildman–Crippen MR) is 133 cm³/mol. The molecule has 0 bridgehead atoms. The molecule has 1 heterocycles. The number of halogens is 2. The Bertz CT molecular complexity index is 1180. The number of carbonyl (C=O) groups is 2. The normalized spacial score (nSPS) is 23.0. The number of hydrogen-bond donors (Lipinski definition) is 2. The Kier molecular flexibility index (Phi) is 7.93. The van der Waals surface area contributed by atoms with Crippen molar-refractivity contribution < 1.29 is 27.6 Å². The van der Waals surface area contributed by atoms with Gasteiger partial charge in [-0.15, -0.1) is 0 Å². The molecule has 3 atom stereocenters. The van der Waals surface area contributed by atoms with Crippen molar-refractivity contribution in [2.45, 2.75) is 49.7 Å². The minimum atomic E-state index is -3.95. The fraction of sp³-hybridized carbons (Fsp3) is 0.391. The molecular weight excluding hydrogens is 590 g/mol. The van der Waals surface area contributed by atoms with E-state index in [0.717, 1.165) is 0 Å². The van der Waals surface area contributed by atoms with Crippen molar-refractivity contribution in [3.63, 3.8) is 0 Å². The molecule has 1 aliphatic rings. The molecule has 2 amide bonds. The van der Waals surface area contributed by atoms with Crippen molar-refractivity contribution in [1.29, 1.82) is 0 Å². The number of carbonyl (C=O) groups excluding carboxylic acids is 2. The Morgan fingerprint density at radius 3 is 2.35 bits per heavy atom. The topological polar surface area (TPSA) is 115 Å². The van der Waals surface area contributed by atoms with Gasteiger partial charge in [0.15, 0.2) is 0 Å². The summed E-state index contributed by atoms with van der Waals surface area (Å²) >= 11 is 6.56. The molecule has 1 saturated heterocycles. The standard InChI is InChI=1S/C23H27Br2N3O5S/c1-23(2,3)28(22(30)31)14-17(27-34(32,33)20-11-16(24)9-10-19(20)25)12-18(28)13-26-21(29)15-7-5-4-6-8-15/h4-11,17-18,27H,12-14H2,1-3H3,(H-,26,29,30,31)/t17-,18-,28?/m1/s1. The summed E-state index contributed by atoms with van der Waals surface area (Å²) < 4.78 is 29.5. The minimum absolute atomic E-state index is 0.0113. The summed E-state index contributed by atoms with van der Waals surface area (Å²) in [6, 6.07) is 12.1. The highest BCUT2D eigenvalue weighted by molar-refractivity contribution is 9.11. The van der Waals surface area contributed by atoms with Gasteiger partial charge in [0.1, 0.15) is 12.6 Å². The van der Waals surface area contributed by atoms with Gasteiger partial charge in [-0.3, -0.25) is 9.28 Å². The van der Waals surface area contributed by atoms with Gasteiger partial charge in [-0.05, 0) is 67.0 Å². The first-order chi connectivity index (χ1) is 15.8. The summed E-state index contributed by atoms with van der Waals surface area (Å²) in [6.45, 7) is 5.37. The monoisotopic (exact) mass is 615 g/mol. The lowest BCUT2D eigenvalue weighted by Crippen LogP contribution is -2.71. The second-order valence-corrected chi connectivity index (χ2v) is 12.8. The molecule has 0 radical (unpaired) electrons. The number of nitrogens with one attached hydrogen (secondary N) is 2. The molecule has 3 rings (SSSR count). The molecule has 0 aromatic heterocycles. The first-order valence-electron chi connectivity index (χ1n) is 10.7. The average molecular weight is 617 g/mol. The number of amides is 2. The van der Waals surface area contributed by atoms with Crippen LogP contribution in [0.3, 0.4) is 0 Å².